The summed E-state index contributed by atoms with van der Waals surface area (Å²) in [5, 5.41) is 10.1. The van der Waals surface area contributed by atoms with Crippen molar-refractivity contribution in [3.05, 3.63) is 33.8 Å². The number of halogens is 2. The van der Waals surface area contributed by atoms with Crippen LogP contribution in [0.5, 0.6) is 0 Å². The van der Waals surface area contributed by atoms with Crippen LogP contribution in [0.3, 0.4) is 0 Å². The van der Waals surface area contributed by atoms with E-state index < -0.39 is 5.97 Å². The third-order valence-corrected chi connectivity index (χ3v) is 4.38. The Hall–Kier alpha value is -0.770. The van der Waals surface area contributed by atoms with Crippen LogP contribution in [-0.4, -0.2) is 29.1 Å². The molecule has 0 aromatic heterocycles. The van der Waals surface area contributed by atoms with Gasteiger partial charge in [0.05, 0.1) is 16.0 Å². The molecule has 2 unspecified atom stereocenters. The molecule has 1 aromatic carbocycles. The van der Waals surface area contributed by atoms with E-state index in [2.05, 4.69) is 4.90 Å². The minimum atomic E-state index is -0.720. The SMILES string of the molecule is CC(c1cccc(Cl)c1Cl)N1CCC(C(=O)O)C1. The van der Waals surface area contributed by atoms with Gasteiger partial charge < -0.3 is 5.11 Å². The lowest BCUT2D eigenvalue weighted by Crippen LogP contribution is -2.26. The Bertz CT molecular complexity index is 464. The Morgan fingerprint density at radius 1 is 1.50 bits per heavy atom. The van der Waals surface area contributed by atoms with Gasteiger partial charge in [0.2, 0.25) is 0 Å². The topological polar surface area (TPSA) is 40.5 Å². The molecule has 1 aliphatic rings. The van der Waals surface area contributed by atoms with Gasteiger partial charge in [-0.2, -0.15) is 0 Å². The minimum Gasteiger partial charge on any atom is -0.481 e. The van der Waals surface area contributed by atoms with Crippen molar-refractivity contribution in [2.75, 3.05) is 13.1 Å². The summed E-state index contributed by atoms with van der Waals surface area (Å²) in [6.45, 7) is 3.38. The van der Waals surface area contributed by atoms with Crippen LogP contribution in [0.1, 0.15) is 24.9 Å². The van der Waals surface area contributed by atoms with Crippen LogP contribution in [0.4, 0.5) is 0 Å². The molecule has 1 N–H and O–H groups in total. The molecule has 5 heteroatoms. The maximum atomic E-state index is 11.0. The average Bonchev–Trinajstić information content (AvgIpc) is 2.81. The van der Waals surface area contributed by atoms with Crippen molar-refractivity contribution >= 4 is 29.2 Å². The molecule has 98 valence electrons. The maximum Gasteiger partial charge on any atom is 0.307 e. The zero-order valence-electron chi connectivity index (χ0n) is 10.1. The van der Waals surface area contributed by atoms with E-state index in [-0.39, 0.29) is 12.0 Å². The number of benzene rings is 1. The lowest BCUT2D eigenvalue weighted by atomic mass is 10.1. The summed E-state index contributed by atoms with van der Waals surface area (Å²) in [4.78, 5) is 13.1. The highest BCUT2D eigenvalue weighted by molar-refractivity contribution is 6.42. The molecule has 0 saturated carbocycles. The third kappa shape index (κ3) is 2.63. The Morgan fingerprint density at radius 3 is 2.83 bits per heavy atom. The third-order valence-electron chi connectivity index (χ3n) is 3.55. The highest BCUT2D eigenvalue weighted by Gasteiger charge is 2.31. The molecule has 0 aliphatic carbocycles. The summed E-state index contributed by atoms with van der Waals surface area (Å²) in [7, 11) is 0. The number of nitrogens with zero attached hydrogens (tertiary/aromatic N) is 1. The Labute approximate surface area is 116 Å². The molecule has 2 rings (SSSR count). The molecule has 2 atom stereocenters. The summed E-state index contributed by atoms with van der Waals surface area (Å²) in [5.41, 5.74) is 0.954. The van der Waals surface area contributed by atoms with E-state index in [1.807, 2.05) is 19.1 Å². The van der Waals surface area contributed by atoms with Gasteiger partial charge >= 0.3 is 5.97 Å². The molecular weight excluding hydrogens is 273 g/mol. The van der Waals surface area contributed by atoms with E-state index in [1.54, 1.807) is 6.07 Å². The molecule has 3 nitrogen and oxygen atoms in total. The van der Waals surface area contributed by atoms with Crippen LogP contribution in [0.15, 0.2) is 18.2 Å². The predicted octanol–water partition coefficient (Wildman–Crippen LogP) is 3.46. The lowest BCUT2D eigenvalue weighted by molar-refractivity contribution is -0.141. The van der Waals surface area contributed by atoms with Crippen molar-refractivity contribution in [3.8, 4) is 0 Å². The molecule has 18 heavy (non-hydrogen) atoms. The van der Waals surface area contributed by atoms with Crippen molar-refractivity contribution < 1.29 is 9.90 Å². The molecule has 0 amide bonds. The van der Waals surface area contributed by atoms with Gasteiger partial charge in [-0.3, -0.25) is 9.69 Å². The smallest absolute Gasteiger partial charge is 0.307 e. The second-order valence-electron chi connectivity index (χ2n) is 4.64. The van der Waals surface area contributed by atoms with E-state index in [4.69, 9.17) is 28.3 Å². The molecule has 1 aromatic rings. The van der Waals surface area contributed by atoms with Crippen LogP contribution < -0.4 is 0 Å². The number of carboxylic acids is 1. The van der Waals surface area contributed by atoms with Crippen molar-refractivity contribution in [2.45, 2.75) is 19.4 Å². The summed E-state index contributed by atoms with van der Waals surface area (Å²) < 4.78 is 0. The van der Waals surface area contributed by atoms with Gasteiger partial charge in [0.15, 0.2) is 0 Å². The monoisotopic (exact) mass is 287 g/mol. The van der Waals surface area contributed by atoms with Crippen molar-refractivity contribution in [1.82, 2.24) is 4.90 Å². The number of carboxylic acid groups (broad SMARTS) is 1. The molecule has 1 aliphatic heterocycles. The number of aliphatic carboxylic acids is 1. The van der Waals surface area contributed by atoms with Gasteiger partial charge in [-0.15, -0.1) is 0 Å². The lowest BCUT2D eigenvalue weighted by Gasteiger charge is -2.25. The van der Waals surface area contributed by atoms with Crippen LogP contribution in [0.25, 0.3) is 0 Å². The zero-order valence-corrected chi connectivity index (χ0v) is 11.6. The fourth-order valence-corrected chi connectivity index (χ4v) is 2.85. The predicted molar refractivity (Wildman–Crippen MR) is 72.2 cm³/mol. The van der Waals surface area contributed by atoms with E-state index >= 15 is 0 Å². The second-order valence-corrected chi connectivity index (χ2v) is 5.42. The molecule has 0 bridgehead atoms. The Balaban J connectivity index is 2.15. The minimum absolute atomic E-state index is 0.0838. The largest absolute Gasteiger partial charge is 0.481 e. The summed E-state index contributed by atoms with van der Waals surface area (Å²) in [5.74, 6) is -0.993. The fourth-order valence-electron chi connectivity index (χ4n) is 2.38. The standard InChI is InChI=1S/C13H15Cl2NO2/c1-8(10-3-2-4-11(14)12(10)15)16-6-5-9(7-16)13(17)18/h2-4,8-9H,5-7H2,1H3,(H,17,18). The quantitative estimate of drug-likeness (QED) is 0.926. The second kappa shape index (κ2) is 5.47. The van der Waals surface area contributed by atoms with Gasteiger partial charge in [0.25, 0.3) is 0 Å². The van der Waals surface area contributed by atoms with Crippen LogP contribution in [-0.2, 0) is 4.79 Å². The van der Waals surface area contributed by atoms with Crippen LogP contribution in [0.2, 0.25) is 10.0 Å². The molecule has 1 fully saturated rings. The first kappa shape index (κ1) is 13.7. The summed E-state index contributed by atoms with van der Waals surface area (Å²) in [6, 6.07) is 5.64. The first-order chi connectivity index (χ1) is 8.50. The number of rotatable bonds is 3. The normalized spacial score (nSPS) is 22.1. The molecular formula is C13H15Cl2NO2. The van der Waals surface area contributed by atoms with E-state index in [9.17, 15) is 4.79 Å². The summed E-state index contributed by atoms with van der Waals surface area (Å²) in [6.07, 6.45) is 0.692. The van der Waals surface area contributed by atoms with Gasteiger partial charge in [-0.25, -0.2) is 0 Å². The molecule has 0 radical (unpaired) electrons. The van der Waals surface area contributed by atoms with Gasteiger partial charge in [0, 0.05) is 12.6 Å². The average molecular weight is 288 g/mol. The number of carbonyl (C=O) groups is 1. The van der Waals surface area contributed by atoms with E-state index in [1.165, 1.54) is 0 Å². The van der Waals surface area contributed by atoms with E-state index in [0.29, 0.717) is 23.0 Å². The fraction of sp³-hybridized carbons (Fsp3) is 0.462. The van der Waals surface area contributed by atoms with Crippen LogP contribution >= 0.6 is 23.2 Å². The first-order valence-electron chi connectivity index (χ1n) is 5.91. The Kier molecular flexibility index (Phi) is 4.15. The zero-order chi connectivity index (χ0) is 13.3. The highest BCUT2D eigenvalue weighted by Crippen LogP contribution is 2.34. The number of hydrogen-bond donors (Lipinski definition) is 1. The summed E-state index contributed by atoms with van der Waals surface area (Å²) >= 11 is 12.2. The maximum absolute atomic E-state index is 11.0. The van der Waals surface area contributed by atoms with Gasteiger partial charge in [-0.1, -0.05) is 35.3 Å². The number of likely N-dealkylation sites (tertiary alicyclic amines) is 1. The first-order valence-corrected chi connectivity index (χ1v) is 6.67. The van der Waals surface area contributed by atoms with Crippen molar-refractivity contribution in [2.24, 2.45) is 5.92 Å². The molecule has 1 saturated heterocycles. The highest BCUT2D eigenvalue weighted by atomic mass is 35.5. The van der Waals surface area contributed by atoms with Crippen molar-refractivity contribution in [1.29, 1.82) is 0 Å². The molecule has 1 heterocycles. The van der Waals surface area contributed by atoms with Gasteiger partial charge in [0.1, 0.15) is 0 Å². The van der Waals surface area contributed by atoms with Crippen molar-refractivity contribution in [3.63, 3.8) is 0 Å². The van der Waals surface area contributed by atoms with Gasteiger partial charge in [-0.05, 0) is 31.5 Å². The Morgan fingerprint density at radius 2 is 2.22 bits per heavy atom. The van der Waals surface area contributed by atoms with Crippen LogP contribution in [0, 0.1) is 5.92 Å². The van der Waals surface area contributed by atoms with E-state index in [0.717, 1.165) is 12.1 Å². The molecule has 0 spiro atoms. The number of hydrogen-bond acceptors (Lipinski definition) is 2.